The van der Waals surface area contributed by atoms with E-state index in [9.17, 15) is 28.1 Å². The fourth-order valence-electron chi connectivity index (χ4n) is 3.00. The zero-order valence-corrected chi connectivity index (χ0v) is 16.4. The summed E-state index contributed by atoms with van der Waals surface area (Å²) in [5, 5.41) is 11.2. The van der Waals surface area contributed by atoms with Crippen molar-refractivity contribution in [1.29, 1.82) is 0 Å². The van der Waals surface area contributed by atoms with Crippen molar-refractivity contribution in [1.82, 2.24) is 0 Å². The number of hydrogen-bond acceptors (Lipinski definition) is 5. The number of carbonyl (C=O) groups is 1. The second kappa shape index (κ2) is 7.92. The molecule has 0 fully saturated rings. The minimum absolute atomic E-state index is 0.106. The number of nitro benzene ring substituents is 1. The summed E-state index contributed by atoms with van der Waals surface area (Å²) in [7, 11) is 0. The van der Waals surface area contributed by atoms with Gasteiger partial charge in [0.2, 0.25) is 11.5 Å². The number of halogens is 3. The van der Waals surface area contributed by atoms with Gasteiger partial charge in [-0.25, -0.2) is 0 Å². The van der Waals surface area contributed by atoms with E-state index in [-0.39, 0.29) is 17.3 Å². The normalized spacial score (nSPS) is 14.5. The monoisotopic (exact) mass is 443 g/mol. The summed E-state index contributed by atoms with van der Waals surface area (Å²) < 4.78 is 44.1. The molecule has 3 aromatic rings. The van der Waals surface area contributed by atoms with Crippen LogP contribution in [0.5, 0.6) is 11.5 Å². The van der Waals surface area contributed by atoms with Crippen molar-refractivity contribution in [2.24, 2.45) is 0 Å². The Hall–Kier alpha value is -3.59. The zero-order chi connectivity index (χ0) is 22.2. The average Bonchev–Trinajstić information content (AvgIpc) is 3.03. The Morgan fingerprint density at radius 3 is 2.48 bits per heavy atom. The van der Waals surface area contributed by atoms with E-state index in [1.807, 2.05) is 12.1 Å². The molecule has 0 aliphatic carbocycles. The van der Waals surface area contributed by atoms with Crippen LogP contribution in [0.25, 0.3) is 6.08 Å². The molecule has 1 aliphatic heterocycles. The Kier molecular flexibility index (Phi) is 5.28. The lowest BCUT2D eigenvalue weighted by Gasteiger charge is -2.10. The van der Waals surface area contributed by atoms with Crippen LogP contribution < -0.4 is 4.74 Å². The highest BCUT2D eigenvalue weighted by Crippen LogP contribution is 2.41. The number of hydrogen-bond donors (Lipinski definition) is 0. The molecule has 3 aromatic carbocycles. The Labute approximate surface area is 178 Å². The standard InChI is InChI=1S/C22H12F3NO4S/c23-22(24,25)14-8-9-18(17(12-14)26(28)29)30-15-5-3-4-13(10-15)11-20-21(27)16-6-1-2-7-19(16)31-20/h1-12H/b20-11-. The van der Waals surface area contributed by atoms with Gasteiger partial charge in [0.05, 0.1) is 15.4 Å². The van der Waals surface area contributed by atoms with Gasteiger partial charge in [-0.3, -0.25) is 14.9 Å². The van der Waals surface area contributed by atoms with Gasteiger partial charge in [-0.15, -0.1) is 0 Å². The number of ketones is 1. The van der Waals surface area contributed by atoms with Crippen molar-refractivity contribution >= 4 is 29.3 Å². The highest BCUT2D eigenvalue weighted by molar-refractivity contribution is 8.04. The molecule has 0 saturated heterocycles. The molecule has 0 aromatic heterocycles. The number of carbonyl (C=O) groups excluding carboxylic acids is 1. The zero-order valence-electron chi connectivity index (χ0n) is 15.6. The lowest BCUT2D eigenvalue weighted by molar-refractivity contribution is -0.385. The van der Waals surface area contributed by atoms with Crippen LogP contribution in [0.2, 0.25) is 0 Å². The van der Waals surface area contributed by atoms with E-state index in [0.29, 0.717) is 22.1 Å². The molecule has 4 rings (SSSR count). The third-order valence-electron chi connectivity index (χ3n) is 4.44. The van der Waals surface area contributed by atoms with Crippen LogP contribution in [0.3, 0.4) is 0 Å². The minimum Gasteiger partial charge on any atom is -0.450 e. The van der Waals surface area contributed by atoms with Crippen LogP contribution in [-0.4, -0.2) is 10.7 Å². The van der Waals surface area contributed by atoms with Gasteiger partial charge < -0.3 is 4.74 Å². The fraction of sp³-hybridized carbons (Fsp3) is 0.0455. The Bertz CT molecular complexity index is 1240. The van der Waals surface area contributed by atoms with Gasteiger partial charge in [0.25, 0.3) is 0 Å². The van der Waals surface area contributed by atoms with Crippen molar-refractivity contribution in [3.63, 3.8) is 0 Å². The maximum absolute atomic E-state index is 12.9. The molecule has 0 N–H and O–H groups in total. The first kappa shape index (κ1) is 20.7. The molecule has 0 saturated carbocycles. The van der Waals surface area contributed by atoms with Gasteiger partial charge in [0.1, 0.15) is 5.75 Å². The van der Waals surface area contributed by atoms with Gasteiger partial charge in [-0.05, 0) is 48.0 Å². The maximum atomic E-state index is 12.9. The SMILES string of the molecule is O=C1/C(=C/c2cccc(Oc3ccc(C(F)(F)F)cc3[N+](=O)[O-])c2)Sc2ccccc21. The number of ether oxygens (including phenoxy) is 1. The topological polar surface area (TPSA) is 69.4 Å². The fourth-order valence-corrected chi connectivity index (χ4v) is 4.06. The average molecular weight is 443 g/mol. The molecule has 31 heavy (non-hydrogen) atoms. The first-order chi connectivity index (χ1) is 14.7. The van der Waals surface area contributed by atoms with E-state index in [1.165, 1.54) is 17.8 Å². The lowest BCUT2D eigenvalue weighted by Crippen LogP contribution is -2.06. The van der Waals surface area contributed by atoms with E-state index in [1.54, 1.807) is 36.4 Å². The van der Waals surface area contributed by atoms with Gasteiger partial charge >= 0.3 is 11.9 Å². The Morgan fingerprint density at radius 2 is 1.77 bits per heavy atom. The number of benzene rings is 3. The quantitative estimate of drug-likeness (QED) is 0.254. The van der Waals surface area contributed by atoms with Crippen molar-refractivity contribution in [3.8, 4) is 11.5 Å². The molecule has 1 heterocycles. The number of fused-ring (bicyclic) bond motifs is 1. The number of nitrogens with zero attached hydrogens (tertiary/aromatic N) is 1. The highest BCUT2D eigenvalue weighted by Gasteiger charge is 2.33. The molecule has 1 aliphatic rings. The third kappa shape index (κ3) is 4.31. The van der Waals surface area contributed by atoms with Crippen molar-refractivity contribution in [2.45, 2.75) is 11.1 Å². The Morgan fingerprint density at radius 1 is 1.00 bits per heavy atom. The maximum Gasteiger partial charge on any atom is 0.416 e. The predicted octanol–water partition coefficient (Wildman–Crippen LogP) is 6.74. The number of nitro groups is 1. The first-order valence-electron chi connectivity index (χ1n) is 8.89. The predicted molar refractivity (Wildman–Crippen MR) is 109 cm³/mol. The molecule has 0 atom stereocenters. The Balaban J connectivity index is 1.62. The van der Waals surface area contributed by atoms with Crippen LogP contribution in [0.1, 0.15) is 21.5 Å². The number of Topliss-reactive ketones (excluding diaryl/α,β-unsaturated/α-hetero) is 1. The first-order valence-corrected chi connectivity index (χ1v) is 9.71. The molecule has 0 radical (unpaired) electrons. The van der Waals surface area contributed by atoms with E-state index in [4.69, 9.17) is 4.74 Å². The molecule has 9 heteroatoms. The van der Waals surface area contributed by atoms with Gasteiger partial charge in [0.15, 0.2) is 0 Å². The van der Waals surface area contributed by atoms with Crippen LogP contribution >= 0.6 is 11.8 Å². The molecule has 0 spiro atoms. The van der Waals surface area contributed by atoms with Crippen LogP contribution in [-0.2, 0) is 6.18 Å². The van der Waals surface area contributed by atoms with Crippen molar-refractivity contribution < 1.29 is 27.6 Å². The summed E-state index contributed by atoms with van der Waals surface area (Å²) >= 11 is 1.33. The van der Waals surface area contributed by atoms with Gasteiger partial charge in [-0.1, -0.05) is 36.0 Å². The summed E-state index contributed by atoms with van der Waals surface area (Å²) in [5.74, 6) is -0.239. The smallest absolute Gasteiger partial charge is 0.416 e. The summed E-state index contributed by atoms with van der Waals surface area (Å²) in [4.78, 5) is 24.2. The number of rotatable bonds is 4. The van der Waals surface area contributed by atoms with Crippen LogP contribution in [0.15, 0.2) is 76.5 Å². The van der Waals surface area contributed by atoms with Gasteiger partial charge in [-0.2, -0.15) is 13.2 Å². The van der Waals surface area contributed by atoms with E-state index < -0.39 is 22.4 Å². The largest absolute Gasteiger partial charge is 0.450 e. The number of alkyl halides is 3. The van der Waals surface area contributed by atoms with Crippen molar-refractivity contribution in [2.75, 3.05) is 0 Å². The summed E-state index contributed by atoms with van der Waals surface area (Å²) in [6.07, 6.45) is -3.04. The summed E-state index contributed by atoms with van der Waals surface area (Å²) in [6, 6.07) is 15.7. The van der Waals surface area contributed by atoms with Crippen LogP contribution in [0.4, 0.5) is 18.9 Å². The van der Waals surface area contributed by atoms with E-state index in [2.05, 4.69) is 0 Å². The highest BCUT2D eigenvalue weighted by atomic mass is 32.2. The lowest BCUT2D eigenvalue weighted by atomic mass is 10.1. The van der Waals surface area contributed by atoms with Crippen LogP contribution in [0, 0.1) is 10.1 Å². The second-order valence-corrected chi connectivity index (χ2v) is 7.63. The molecule has 0 unspecified atom stereocenters. The molecular weight excluding hydrogens is 431 g/mol. The number of allylic oxidation sites excluding steroid dienone is 1. The molecular formula is C22H12F3NO4S. The van der Waals surface area contributed by atoms with E-state index in [0.717, 1.165) is 17.0 Å². The van der Waals surface area contributed by atoms with Crippen molar-refractivity contribution in [3.05, 3.63) is 98.4 Å². The third-order valence-corrected chi connectivity index (χ3v) is 5.54. The van der Waals surface area contributed by atoms with Gasteiger partial charge in [0, 0.05) is 16.5 Å². The summed E-state index contributed by atoms with van der Waals surface area (Å²) in [5.41, 5.74) is -0.709. The summed E-state index contributed by atoms with van der Waals surface area (Å²) in [6.45, 7) is 0. The van der Waals surface area contributed by atoms with E-state index >= 15 is 0 Å². The minimum atomic E-state index is -4.71. The molecule has 156 valence electrons. The number of thioether (sulfide) groups is 1. The second-order valence-electron chi connectivity index (χ2n) is 6.55. The molecule has 5 nitrogen and oxygen atoms in total. The molecule has 0 amide bonds. The molecule has 0 bridgehead atoms.